The lowest BCUT2D eigenvalue weighted by atomic mass is 9.75. The zero-order valence-corrected chi connectivity index (χ0v) is 12.0. The maximum Gasteiger partial charge on any atom is 0.273 e. The van der Waals surface area contributed by atoms with Crippen molar-refractivity contribution in [2.45, 2.75) is 38.6 Å². The third-order valence-corrected chi connectivity index (χ3v) is 5.40. The molecular formula is C14H21N3OS. The van der Waals surface area contributed by atoms with Crippen molar-refractivity contribution in [3.8, 4) is 0 Å². The van der Waals surface area contributed by atoms with E-state index in [0.29, 0.717) is 12.2 Å². The number of thiazole rings is 1. The van der Waals surface area contributed by atoms with E-state index >= 15 is 0 Å². The van der Waals surface area contributed by atoms with Gasteiger partial charge in [-0.05, 0) is 24.7 Å². The molecule has 1 aromatic heterocycles. The molecule has 1 aliphatic carbocycles. The van der Waals surface area contributed by atoms with Gasteiger partial charge >= 0.3 is 0 Å². The number of likely N-dealkylation sites (tertiary alicyclic amines) is 1. The van der Waals surface area contributed by atoms with E-state index in [1.165, 1.54) is 43.4 Å². The second-order valence-corrected chi connectivity index (χ2v) is 6.62. The highest BCUT2D eigenvalue weighted by Crippen LogP contribution is 2.36. The van der Waals surface area contributed by atoms with Crippen LogP contribution in [0.15, 0.2) is 5.38 Å². The molecule has 1 saturated heterocycles. The number of amides is 1. The van der Waals surface area contributed by atoms with Crippen molar-refractivity contribution in [2.24, 2.45) is 17.6 Å². The van der Waals surface area contributed by atoms with E-state index < -0.39 is 0 Å². The third-order valence-electron chi connectivity index (χ3n) is 4.52. The standard InChI is InChI=1S/C14H21N3OS/c15-7-13-16-12(9-19-13)14(18)17-6-5-10-3-1-2-4-11(10)8-17/h9-11H,1-8,15H2. The Balaban J connectivity index is 1.67. The van der Waals surface area contributed by atoms with Crippen molar-refractivity contribution >= 4 is 17.2 Å². The number of piperidine rings is 1. The predicted octanol–water partition coefficient (Wildman–Crippen LogP) is 2.25. The first-order valence-electron chi connectivity index (χ1n) is 7.21. The lowest BCUT2D eigenvalue weighted by Gasteiger charge is -2.41. The fraction of sp³-hybridized carbons (Fsp3) is 0.714. The Labute approximate surface area is 118 Å². The van der Waals surface area contributed by atoms with Crippen LogP contribution in [0.4, 0.5) is 0 Å². The molecule has 2 fully saturated rings. The molecule has 1 amide bonds. The van der Waals surface area contributed by atoms with Crippen molar-refractivity contribution in [1.29, 1.82) is 0 Å². The van der Waals surface area contributed by atoms with Crippen molar-refractivity contribution in [3.63, 3.8) is 0 Å². The Bertz CT molecular complexity index is 459. The van der Waals surface area contributed by atoms with Crippen LogP contribution in [0.2, 0.25) is 0 Å². The Morgan fingerprint density at radius 2 is 2.16 bits per heavy atom. The molecule has 0 aromatic carbocycles. The summed E-state index contributed by atoms with van der Waals surface area (Å²) in [4.78, 5) is 18.7. The molecule has 3 rings (SSSR count). The van der Waals surface area contributed by atoms with Crippen molar-refractivity contribution in [2.75, 3.05) is 13.1 Å². The number of hydrogen-bond donors (Lipinski definition) is 1. The summed E-state index contributed by atoms with van der Waals surface area (Å²) in [6.45, 7) is 2.25. The Morgan fingerprint density at radius 3 is 2.89 bits per heavy atom. The van der Waals surface area contributed by atoms with Gasteiger partial charge in [-0.25, -0.2) is 4.98 Å². The molecule has 1 aliphatic heterocycles. The topological polar surface area (TPSA) is 59.2 Å². The second kappa shape index (κ2) is 5.59. The Kier molecular flexibility index (Phi) is 3.84. The summed E-state index contributed by atoms with van der Waals surface area (Å²) in [7, 11) is 0. The molecule has 1 saturated carbocycles. The van der Waals surface area contributed by atoms with E-state index in [2.05, 4.69) is 4.98 Å². The molecule has 104 valence electrons. The number of hydrogen-bond acceptors (Lipinski definition) is 4. The molecule has 0 spiro atoms. The average molecular weight is 279 g/mol. The largest absolute Gasteiger partial charge is 0.337 e. The van der Waals surface area contributed by atoms with Crippen molar-refractivity contribution in [1.82, 2.24) is 9.88 Å². The van der Waals surface area contributed by atoms with E-state index in [1.807, 2.05) is 10.3 Å². The molecule has 4 nitrogen and oxygen atoms in total. The third kappa shape index (κ3) is 2.67. The van der Waals surface area contributed by atoms with Gasteiger partial charge in [0.1, 0.15) is 10.7 Å². The van der Waals surface area contributed by atoms with E-state index in [9.17, 15) is 4.79 Å². The van der Waals surface area contributed by atoms with E-state index in [1.54, 1.807) is 0 Å². The van der Waals surface area contributed by atoms with Gasteiger partial charge in [0.2, 0.25) is 0 Å². The Hall–Kier alpha value is -0.940. The fourth-order valence-corrected chi connectivity index (χ4v) is 4.10. The first-order valence-corrected chi connectivity index (χ1v) is 8.09. The monoisotopic (exact) mass is 279 g/mol. The summed E-state index contributed by atoms with van der Waals surface area (Å²) in [5.41, 5.74) is 6.14. The minimum atomic E-state index is 0.0972. The highest BCUT2D eigenvalue weighted by Gasteiger charge is 2.33. The van der Waals surface area contributed by atoms with Gasteiger partial charge in [0.25, 0.3) is 5.91 Å². The van der Waals surface area contributed by atoms with Gasteiger partial charge < -0.3 is 10.6 Å². The summed E-state index contributed by atoms with van der Waals surface area (Å²) in [5.74, 6) is 1.67. The van der Waals surface area contributed by atoms with Gasteiger partial charge in [0, 0.05) is 25.0 Å². The number of carbonyl (C=O) groups is 1. The summed E-state index contributed by atoms with van der Waals surface area (Å²) < 4.78 is 0. The van der Waals surface area contributed by atoms with E-state index in [0.717, 1.165) is 29.9 Å². The van der Waals surface area contributed by atoms with Gasteiger partial charge in [-0.3, -0.25) is 4.79 Å². The van der Waals surface area contributed by atoms with Crippen LogP contribution in [0.25, 0.3) is 0 Å². The molecule has 1 aromatic rings. The molecule has 2 heterocycles. The molecule has 2 N–H and O–H groups in total. The number of fused-ring (bicyclic) bond motifs is 1. The zero-order chi connectivity index (χ0) is 13.2. The molecule has 19 heavy (non-hydrogen) atoms. The Morgan fingerprint density at radius 1 is 1.37 bits per heavy atom. The normalized spacial score (nSPS) is 27.1. The summed E-state index contributed by atoms with van der Waals surface area (Å²) in [5, 5.41) is 2.69. The number of nitrogens with zero attached hydrogens (tertiary/aromatic N) is 2. The maximum atomic E-state index is 12.4. The van der Waals surface area contributed by atoms with Gasteiger partial charge in [-0.2, -0.15) is 0 Å². The summed E-state index contributed by atoms with van der Waals surface area (Å²) in [6, 6.07) is 0. The van der Waals surface area contributed by atoms with Gasteiger partial charge in [0.05, 0.1) is 0 Å². The zero-order valence-electron chi connectivity index (χ0n) is 11.2. The first kappa shape index (κ1) is 13.1. The molecule has 5 heteroatoms. The van der Waals surface area contributed by atoms with Crippen LogP contribution in [0, 0.1) is 11.8 Å². The number of aromatic nitrogens is 1. The minimum Gasteiger partial charge on any atom is -0.337 e. The van der Waals surface area contributed by atoms with Crippen LogP contribution in [0.1, 0.15) is 47.6 Å². The first-order chi connectivity index (χ1) is 9.28. The summed E-state index contributed by atoms with van der Waals surface area (Å²) in [6.07, 6.45) is 6.53. The van der Waals surface area contributed by atoms with Gasteiger partial charge in [-0.15, -0.1) is 11.3 Å². The maximum absolute atomic E-state index is 12.4. The molecular weight excluding hydrogens is 258 g/mol. The van der Waals surface area contributed by atoms with Crippen LogP contribution in [-0.2, 0) is 6.54 Å². The second-order valence-electron chi connectivity index (χ2n) is 5.68. The quantitative estimate of drug-likeness (QED) is 0.903. The van der Waals surface area contributed by atoms with Crippen LogP contribution in [0.3, 0.4) is 0 Å². The van der Waals surface area contributed by atoms with E-state index in [-0.39, 0.29) is 5.91 Å². The van der Waals surface area contributed by atoms with Crippen molar-refractivity contribution in [3.05, 3.63) is 16.1 Å². The smallest absolute Gasteiger partial charge is 0.273 e. The molecule has 2 unspecified atom stereocenters. The number of rotatable bonds is 2. The van der Waals surface area contributed by atoms with Gasteiger partial charge in [0.15, 0.2) is 0 Å². The van der Waals surface area contributed by atoms with E-state index in [4.69, 9.17) is 5.73 Å². The molecule has 0 radical (unpaired) electrons. The SMILES string of the molecule is NCc1nc(C(=O)N2CCC3CCCCC3C2)cs1. The highest BCUT2D eigenvalue weighted by molar-refractivity contribution is 7.09. The summed E-state index contributed by atoms with van der Waals surface area (Å²) >= 11 is 1.48. The van der Waals surface area contributed by atoms with Crippen LogP contribution in [0.5, 0.6) is 0 Å². The van der Waals surface area contributed by atoms with Crippen LogP contribution in [-0.4, -0.2) is 28.9 Å². The molecule has 0 bridgehead atoms. The lowest BCUT2D eigenvalue weighted by Crippen LogP contribution is -2.44. The van der Waals surface area contributed by atoms with Crippen molar-refractivity contribution < 1.29 is 4.79 Å². The fourth-order valence-electron chi connectivity index (χ4n) is 3.45. The average Bonchev–Trinajstić information content (AvgIpc) is 2.95. The highest BCUT2D eigenvalue weighted by atomic mass is 32.1. The predicted molar refractivity (Wildman–Crippen MR) is 76.0 cm³/mol. The van der Waals surface area contributed by atoms with Gasteiger partial charge in [-0.1, -0.05) is 19.3 Å². The van der Waals surface area contributed by atoms with Crippen LogP contribution < -0.4 is 5.73 Å². The number of carbonyl (C=O) groups excluding carboxylic acids is 1. The molecule has 2 aliphatic rings. The minimum absolute atomic E-state index is 0.0972. The lowest BCUT2D eigenvalue weighted by molar-refractivity contribution is 0.0516. The molecule has 2 atom stereocenters. The number of nitrogens with two attached hydrogens (primary N) is 1. The van der Waals surface area contributed by atoms with Crippen LogP contribution >= 0.6 is 11.3 Å².